The van der Waals surface area contributed by atoms with Gasteiger partial charge in [-0.3, -0.25) is 0 Å². The summed E-state index contributed by atoms with van der Waals surface area (Å²) in [6.07, 6.45) is 0. The van der Waals surface area contributed by atoms with E-state index in [4.69, 9.17) is 16.3 Å². The average Bonchev–Trinajstić information content (AvgIpc) is 2.92. The molecule has 0 saturated carbocycles. The molecule has 0 radical (unpaired) electrons. The second kappa shape index (κ2) is 6.56. The van der Waals surface area contributed by atoms with E-state index in [-0.39, 0.29) is 11.1 Å². The Hall–Kier alpha value is -1.76. The zero-order valence-corrected chi connectivity index (χ0v) is 13.3. The van der Waals surface area contributed by atoms with Crippen molar-refractivity contribution < 1.29 is 9.13 Å². The summed E-state index contributed by atoms with van der Waals surface area (Å²) >= 11 is 7.46. The van der Waals surface area contributed by atoms with Crippen molar-refractivity contribution >= 4 is 39.0 Å². The van der Waals surface area contributed by atoms with Crippen LogP contribution in [0, 0.1) is 5.82 Å². The molecule has 1 N–H and O–H groups in total. The number of fused-ring (bicyclic) bond motifs is 1. The van der Waals surface area contributed by atoms with Crippen LogP contribution in [-0.4, -0.2) is 30.2 Å². The molecular formula is C15H13ClFN3OS. The Kier molecular flexibility index (Phi) is 4.52. The van der Waals surface area contributed by atoms with Crippen molar-refractivity contribution in [2.24, 2.45) is 0 Å². The first-order chi connectivity index (χ1) is 10.7. The number of halogens is 2. The number of nitrogens with zero attached hydrogens (tertiary/aromatic N) is 2. The first-order valence-electron chi connectivity index (χ1n) is 6.62. The summed E-state index contributed by atoms with van der Waals surface area (Å²) in [4.78, 5) is 9.32. The maximum Gasteiger partial charge on any atom is 0.225 e. The number of rotatable bonds is 5. The Morgan fingerprint density at radius 2 is 2.05 bits per heavy atom. The zero-order valence-electron chi connectivity index (χ0n) is 11.8. The van der Waals surface area contributed by atoms with E-state index in [1.807, 2.05) is 5.38 Å². The van der Waals surface area contributed by atoms with Gasteiger partial charge in [-0.1, -0.05) is 12.1 Å². The Morgan fingerprint density at radius 3 is 2.77 bits per heavy atom. The topological polar surface area (TPSA) is 47.0 Å². The van der Waals surface area contributed by atoms with Gasteiger partial charge in [0.2, 0.25) is 5.28 Å². The summed E-state index contributed by atoms with van der Waals surface area (Å²) in [5.74, 6) is 0.397. The number of aromatic nitrogens is 2. The van der Waals surface area contributed by atoms with Crippen LogP contribution in [0.1, 0.15) is 0 Å². The van der Waals surface area contributed by atoms with Crippen LogP contribution in [0.5, 0.6) is 0 Å². The SMILES string of the molecule is COCCNc1nc(Cl)nc2scc(-c3ccc(F)cc3)c12. The van der Waals surface area contributed by atoms with Crippen molar-refractivity contribution in [1.29, 1.82) is 0 Å². The van der Waals surface area contributed by atoms with Gasteiger partial charge in [-0.15, -0.1) is 11.3 Å². The lowest BCUT2D eigenvalue weighted by Crippen LogP contribution is -2.09. The predicted octanol–water partition coefficient (Wildman–Crippen LogP) is 4.21. The molecule has 3 aromatic rings. The largest absolute Gasteiger partial charge is 0.383 e. The van der Waals surface area contributed by atoms with Crippen LogP contribution in [0.4, 0.5) is 10.2 Å². The van der Waals surface area contributed by atoms with E-state index in [9.17, 15) is 4.39 Å². The van der Waals surface area contributed by atoms with Crippen LogP contribution in [0.15, 0.2) is 29.6 Å². The quantitative estimate of drug-likeness (QED) is 0.559. The Labute approximate surface area is 135 Å². The molecule has 0 bridgehead atoms. The Bertz CT molecular complexity index is 791. The van der Waals surface area contributed by atoms with Crippen molar-refractivity contribution in [3.63, 3.8) is 0 Å². The highest BCUT2D eigenvalue weighted by Gasteiger charge is 2.14. The second-order valence-corrected chi connectivity index (χ2v) is 5.79. The number of thiophene rings is 1. The second-order valence-electron chi connectivity index (χ2n) is 4.60. The van der Waals surface area contributed by atoms with E-state index < -0.39 is 0 Å². The van der Waals surface area contributed by atoms with Crippen molar-refractivity contribution in [2.75, 3.05) is 25.6 Å². The Morgan fingerprint density at radius 1 is 1.27 bits per heavy atom. The summed E-state index contributed by atoms with van der Waals surface area (Å²) in [6, 6.07) is 6.36. The van der Waals surface area contributed by atoms with Gasteiger partial charge in [0.1, 0.15) is 16.5 Å². The summed E-state index contributed by atoms with van der Waals surface area (Å²) in [5.41, 5.74) is 1.87. The van der Waals surface area contributed by atoms with E-state index in [1.165, 1.54) is 23.5 Å². The fourth-order valence-corrected chi connectivity index (χ4v) is 3.32. The molecule has 0 atom stereocenters. The predicted molar refractivity (Wildman–Crippen MR) is 88.2 cm³/mol. The molecule has 0 unspecified atom stereocenters. The van der Waals surface area contributed by atoms with Crippen molar-refractivity contribution in [2.45, 2.75) is 0 Å². The van der Waals surface area contributed by atoms with Gasteiger partial charge < -0.3 is 10.1 Å². The van der Waals surface area contributed by atoms with Gasteiger partial charge in [0.15, 0.2) is 0 Å². The molecule has 0 aliphatic carbocycles. The number of anilines is 1. The number of benzene rings is 1. The fourth-order valence-electron chi connectivity index (χ4n) is 2.16. The summed E-state index contributed by atoms with van der Waals surface area (Å²) in [6.45, 7) is 1.16. The summed E-state index contributed by atoms with van der Waals surface area (Å²) < 4.78 is 18.2. The van der Waals surface area contributed by atoms with Crippen LogP contribution in [0.25, 0.3) is 21.3 Å². The molecule has 4 nitrogen and oxygen atoms in total. The lowest BCUT2D eigenvalue weighted by Gasteiger charge is -2.08. The normalized spacial score (nSPS) is 11.0. The van der Waals surface area contributed by atoms with E-state index in [0.29, 0.717) is 19.0 Å². The molecule has 0 aliphatic heterocycles. The van der Waals surface area contributed by atoms with Crippen LogP contribution >= 0.6 is 22.9 Å². The monoisotopic (exact) mass is 337 g/mol. The average molecular weight is 338 g/mol. The highest BCUT2D eigenvalue weighted by molar-refractivity contribution is 7.17. The van der Waals surface area contributed by atoms with Gasteiger partial charge in [-0.2, -0.15) is 0 Å². The van der Waals surface area contributed by atoms with Gasteiger partial charge in [-0.25, -0.2) is 14.4 Å². The summed E-state index contributed by atoms with van der Waals surface area (Å²) in [5, 5.41) is 6.27. The molecule has 0 amide bonds. The molecule has 0 spiro atoms. The zero-order chi connectivity index (χ0) is 15.5. The van der Waals surface area contributed by atoms with Crippen LogP contribution in [-0.2, 0) is 4.74 Å². The van der Waals surface area contributed by atoms with Crippen molar-refractivity contribution in [3.8, 4) is 11.1 Å². The van der Waals surface area contributed by atoms with Gasteiger partial charge in [0.05, 0.1) is 12.0 Å². The third-order valence-electron chi connectivity index (χ3n) is 3.16. The van der Waals surface area contributed by atoms with Crippen LogP contribution in [0.2, 0.25) is 5.28 Å². The lowest BCUT2D eigenvalue weighted by molar-refractivity contribution is 0.210. The van der Waals surface area contributed by atoms with Gasteiger partial charge >= 0.3 is 0 Å². The van der Waals surface area contributed by atoms with Crippen molar-refractivity contribution in [3.05, 3.63) is 40.7 Å². The molecule has 0 saturated heterocycles. The molecule has 0 fully saturated rings. The van der Waals surface area contributed by atoms with E-state index >= 15 is 0 Å². The molecule has 7 heteroatoms. The number of methoxy groups -OCH3 is 1. The molecule has 22 heavy (non-hydrogen) atoms. The maximum atomic E-state index is 13.1. The minimum absolute atomic E-state index is 0.194. The van der Waals surface area contributed by atoms with E-state index in [0.717, 1.165) is 21.3 Å². The molecule has 3 rings (SSSR count). The Balaban J connectivity index is 2.09. The fraction of sp³-hybridized carbons (Fsp3) is 0.200. The molecule has 114 valence electrons. The minimum atomic E-state index is -0.263. The van der Waals surface area contributed by atoms with Gasteiger partial charge in [0, 0.05) is 24.6 Å². The van der Waals surface area contributed by atoms with Crippen LogP contribution < -0.4 is 5.32 Å². The number of hydrogen-bond acceptors (Lipinski definition) is 5. The van der Waals surface area contributed by atoms with Crippen LogP contribution in [0.3, 0.4) is 0 Å². The summed E-state index contributed by atoms with van der Waals surface area (Å²) in [7, 11) is 1.64. The third-order valence-corrected chi connectivity index (χ3v) is 4.20. The first-order valence-corrected chi connectivity index (χ1v) is 7.88. The highest BCUT2D eigenvalue weighted by Crippen LogP contribution is 2.37. The molecule has 1 aromatic carbocycles. The maximum absolute atomic E-state index is 13.1. The standard InChI is InChI=1S/C15H13ClFN3OS/c1-21-7-6-18-13-12-11(9-2-4-10(17)5-3-9)8-22-14(12)20-15(16)19-13/h2-5,8H,6-7H2,1H3,(H,18,19,20). The number of hydrogen-bond donors (Lipinski definition) is 1. The third kappa shape index (κ3) is 3.04. The highest BCUT2D eigenvalue weighted by atomic mass is 35.5. The number of nitrogens with one attached hydrogen (secondary N) is 1. The molecule has 0 aliphatic rings. The number of ether oxygens (including phenoxy) is 1. The van der Waals surface area contributed by atoms with E-state index in [2.05, 4.69) is 15.3 Å². The lowest BCUT2D eigenvalue weighted by atomic mass is 10.1. The smallest absolute Gasteiger partial charge is 0.225 e. The van der Waals surface area contributed by atoms with Gasteiger partial charge in [0.25, 0.3) is 0 Å². The van der Waals surface area contributed by atoms with E-state index in [1.54, 1.807) is 19.2 Å². The molecular weight excluding hydrogens is 325 g/mol. The van der Waals surface area contributed by atoms with Crippen molar-refractivity contribution in [1.82, 2.24) is 9.97 Å². The first kappa shape index (κ1) is 15.1. The minimum Gasteiger partial charge on any atom is -0.383 e. The van der Waals surface area contributed by atoms with Gasteiger partial charge in [-0.05, 0) is 29.3 Å². The molecule has 2 heterocycles. The molecule has 2 aromatic heterocycles.